The summed E-state index contributed by atoms with van der Waals surface area (Å²) in [6.45, 7) is 3.98. The molecule has 1 fully saturated rings. The molecule has 6 heteroatoms. The lowest BCUT2D eigenvalue weighted by Gasteiger charge is -2.16. The fourth-order valence-electron chi connectivity index (χ4n) is 3.44. The molecule has 0 bridgehead atoms. The zero-order chi connectivity index (χ0) is 18.5. The van der Waals surface area contributed by atoms with Gasteiger partial charge in [0.1, 0.15) is 5.82 Å². The molecule has 1 atom stereocenters. The zero-order valence-corrected chi connectivity index (χ0v) is 15.1. The van der Waals surface area contributed by atoms with Crippen LogP contribution in [0.2, 0.25) is 0 Å². The van der Waals surface area contributed by atoms with E-state index < -0.39 is 0 Å². The maximum absolute atomic E-state index is 13.1. The Morgan fingerprint density at radius 1 is 1.07 bits per heavy atom. The molecule has 0 amide bonds. The molecule has 0 aliphatic carbocycles. The average Bonchev–Trinajstić information content (AvgIpc) is 3.15. The number of rotatable bonds is 6. The molecule has 138 valence electrons. The molecular weight excluding hydrogens is 341 g/mol. The van der Waals surface area contributed by atoms with Crippen molar-refractivity contribution in [1.82, 2.24) is 20.1 Å². The highest BCUT2D eigenvalue weighted by Gasteiger charge is 2.22. The summed E-state index contributed by atoms with van der Waals surface area (Å²) in [5.41, 5.74) is 2.86. The summed E-state index contributed by atoms with van der Waals surface area (Å²) in [5, 5.41) is 11.4. The highest BCUT2D eigenvalue weighted by atomic mass is 19.1. The van der Waals surface area contributed by atoms with Crippen LogP contribution in [0.4, 0.5) is 10.3 Å². The summed E-state index contributed by atoms with van der Waals surface area (Å²) in [6.07, 6.45) is 2.75. The van der Waals surface area contributed by atoms with Gasteiger partial charge in [0.25, 0.3) is 0 Å². The van der Waals surface area contributed by atoms with Crippen molar-refractivity contribution in [3.05, 3.63) is 72.2 Å². The smallest absolute Gasteiger partial charge is 0.243 e. The standard InChI is InChI=1S/C21H22FN5/c22-19-8-6-18(7-9-19)20-13-24-26-21(25-20)23-12-17-10-11-27(15-17)14-16-4-2-1-3-5-16/h1-9,13,17H,10-12,14-15H2,(H,23,25,26)/t17-/m1/s1. The van der Waals surface area contributed by atoms with Gasteiger partial charge >= 0.3 is 0 Å². The van der Waals surface area contributed by atoms with Crippen LogP contribution in [0, 0.1) is 11.7 Å². The maximum atomic E-state index is 13.1. The van der Waals surface area contributed by atoms with E-state index in [-0.39, 0.29) is 5.82 Å². The topological polar surface area (TPSA) is 53.9 Å². The molecule has 4 rings (SSSR count). The van der Waals surface area contributed by atoms with Crippen LogP contribution < -0.4 is 5.32 Å². The number of anilines is 1. The van der Waals surface area contributed by atoms with Gasteiger partial charge in [0, 0.05) is 25.2 Å². The molecule has 0 unspecified atom stereocenters. The van der Waals surface area contributed by atoms with Gasteiger partial charge in [-0.1, -0.05) is 30.3 Å². The molecule has 5 nitrogen and oxygen atoms in total. The number of halogens is 1. The molecule has 2 aromatic carbocycles. The molecule has 0 radical (unpaired) electrons. The third-order valence-corrected chi connectivity index (χ3v) is 4.87. The van der Waals surface area contributed by atoms with Gasteiger partial charge in [-0.25, -0.2) is 9.37 Å². The Hall–Kier alpha value is -2.86. The van der Waals surface area contributed by atoms with E-state index in [0.29, 0.717) is 17.6 Å². The van der Waals surface area contributed by atoms with Crippen LogP contribution in [0.5, 0.6) is 0 Å². The van der Waals surface area contributed by atoms with Crippen molar-refractivity contribution < 1.29 is 4.39 Å². The molecular formula is C21H22FN5. The van der Waals surface area contributed by atoms with E-state index in [4.69, 9.17) is 0 Å². The van der Waals surface area contributed by atoms with Gasteiger partial charge in [-0.05, 0) is 48.7 Å². The van der Waals surface area contributed by atoms with Crippen LogP contribution in [0.15, 0.2) is 60.8 Å². The lowest BCUT2D eigenvalue weighted by atomic mass is 10.1. The van der Waals surface area contributed by atoms with Gasteiger partial charge in [0.2, 0.25) is 5.95 Å². The normalized spacial score (nSPS) is 17.1. The lowest BCUT2D eigenvalue weighted by molar-refractivity contribution is 0.319. The van der Waals surface area contributed by atoms with Gasteiger partial charge in [-0.2, -0.15) is 5.10 Å². The largest absolute Gasteiger partial charge is 0.353 e. The summed E-state index contributed by atoms with van der Waals surface area (Å²) in [7, 11) is 0. The van der Waals surface area contributed by atoms with Crippen LogP contribution in [0.1, 0.15) is 12.0 Å². The molecule has 3 aromatic rings. The number of hydrogen-bond donors (Lipinski definition) is 1. The van der Waals surface area contributed by atoms with E-state index in [9.17, 15) is 4.39 Å². The highest BCUT2D eigenvalue weighted by molar-refractivity contribution is 5.58. The summed E-state index contributed by atoms with van der Waals surface area (Å²) < 4.78 is 13.1. The number of likely N-dealkylation sites (tertiary alicyclic amines) is 1. The Morgan fingerprint density at radius 2 is 1.89 bits per heavy atom. The highest BCUT2D eigenvalue weighted by Crippen LogP contribution is 2.20. The Labute approximate surface area is 158 Å². The third-order valence-electron chi connectivity index (χ3n) is 4.87. The van der Waals surface area contributed by atoms with E-state index in [0.717, 1.165) is 38.2 Å². The molecule has 2 heterocycles. The van der Waals surface area contributed by atoms with Crippen LogP contribution in [0.25, 0.3) is 11.3 Å². The second-order valence-electron chi connectivity index (χ2n) is 6.93. The third kappa shape index (κ3) is 4.65. The lowest BCUT2D eigenvalue weighted by Crippen LogP contribution is -2.23. The van der Waals surface area contributed by atoms with Crippen molar-refractivity contribution >= 4 is 5.95 Å². The molecule has 0 saturated carbocycles. The first-order valence-corrected chi connectivity index (χ1v) is 9.22. The maximum Gasteiger partial charge on any atom is 0.243 e. The molecule has 27 heavy (non-hydrogen) atoms. The average molecular weight is 363 g/mol. The van der Waals surface area contributed by atoms with E-state index in [1.54, 1.807) is 18.3 Å². The van der Waals surface area contributed by atoms with Crippen LogP contribution in [-0.4, -0.2) is 39.7 Å². The fraction of sp³-hybridized carbons (Fsp3) is 0.286. The van der Waals surface area contributed by atoms with Crippen molar-refractivity contribution in [3.63, 3.8) is 0 Å². The van der Waals surface area contributed by atoms with Crippen molar-refractivity contribution in [3.8, 4) is 11.3 Å². The predicted molar refractivity (Wildman–Crippen MR) is 104 cm³/mol. The Bertz CT molecular complexity index is 869. The van der Waals surface area contributed by atoms with Crippen molar-refractivity contribution in [2.45, 2.75) is 13.0 Å². The summed E-state index contributed by atoms with van der Waals surface area (Å²) in [5.74, 6) is 0.811. The fourth-order valence-corrected chi connectivity index (χ4v) is 3.44. The molecule has 1 aromatic heterocycles. The van der Waals surface area contributed by atoms with Gasteiger partial charge < -0.3 is 5.32 Å². The first-order valence-electron chi connectivity index (χ1n) is 9.22. The second-order valence-corrected chi connectivity index (χ2v) is 6.93. The van der Waals surface area contributed by atoms with Crippen molar-refractivity contribution in [1.29, 1.82) is 0 Å². The Balaban J connectivity index is 1.31. The van der Waals surface area contributed by atoms with E-state index in [2.05, 4.69) is 49.7 Å². The van der Waals surface area contributed by atoms with E-state index >= 15 is 0 Å². The predicted octanol–water partition coefficient (Wildman–Crippen LogP) is 3.61. The van der Waals surface area contributed by atoms with Crippen molar-refractivity contribution in [2.75, 3.05) is 25.0 Å². The monoisotopic (exact) mass is 363 g/mol. The SMILES string of the molecule is Fc1ccc(-c2cnnc(NC[C@H]3CCN(Cc4ccccc4)C3)n2)cc1. The molecule has 0 spiro atoms. The zero-order valence-electron chi connectivity index (χ0n) is 15.1. The minimum atomic E-state index is -0.264. The van der Waals surface area contributed by atoms with Crippen LogP contribution in [0.3, 0.4) is 0 Å². The minimum Gasteiger partial charge on any atom is -0.353 e. The molecule has 1 aliphatic heterocycles. The summed E-state index contributed by atoms with van der Waals surface area (Å²) >= 11 is 0. The van der Waals surface area contributed by atoms with Gasteiger partial charge in [-0.3, -0.25) is 4.90 Å². The van der Waals surface area contributed by atoms with Crippen molar-refractivity contribution in [2.24, 2.45) is 5.92 Å². The van der Waals surface area contributed by atoms with Crippen LogP contribution in [-0.2, 0) is 6.54 Å². The number of aromatic nitrogens is 3. The number of nitrogens with zero attached hydrogens (tertiary/aromatic N) is 4. The number of hydrogen-bond acceptors (Lipinski definition) is 5. The number of nitrogens with one attached hydrogen (secondary N) is 1. The van der Waals surface area contributed by atoms with Gasteiger partial charge in [0.05, 0.1) is 11.9 Å². The Morgan fingerprint density at radius 3 is 2.70 bits per heavy atom. The second kappa shape index (κ2) is 8.22. The minimum absolute atomic E-state index is 0.264. The summed E-state index contributed by atoms with van der Waals surface area (Å²) in [4.78, 5) is 6.98. The molecule has 1 saturated heterocycles. The molecule has 1 N–H and O–H groups in total. The van der Waals surface area contributed by atoms with Gasteiger partial charge in [-0.15, -0.1) is 5.10 Å². The van der Waals surface area contributed by atoms with E-state index in [1.807, 2.05) is 6.07 Å². The summed E-state index contributed by atoms with van der Waals surface area (Å²) in [6, 6.07) is 16.8. The first-order chi connectivity index (χ1) is 13.3. The molecule has 1 aliphatic rings. The quantitative estimate of drug-likeness (QED) is 0.725. The van der Waals surface area contributed by atoms with Gasteiger partial charge in [0.15, 0.2) is 0 Å². The van der Waals surface area contributed by atoms with E-state index in [1.165, 1.54) is 17.7 Å². The first kappa shape index (κ1) is 17.5. The van der Waals surface area contributed by atoms with Crippen LogP contribution >= 0.6 is 0 Å². The number of benzene rings is 2. The Kier molecular flexibility index (Phi) is 5.34.